The second-order valence-electron chi connectivity index (χ2n) is 9.22. The van der Waals surface area contributed by atoms with Crippen molar-refractivity contribution in [3.05, 3.63) is 73.6 Å². The van der Waals surface area contributed by atoms with Gasteiger partial charge in [-0.25, -0.2) is 4.98 Å². The van der Waals surface area contributed by atoms with Crippen molar-refractivity contribution in [2.75, 3.05) is 49.8 Å². The second-order valence-corrected chi connectivity index (χ2v) is 9.22. The van der Waals surface area contributed by atoms with Crippen LogP contribution in [0.4, 0.5) is 23.0 Å². The van der Waals surface area contributed by atoms with Gasteiger partial charge in [0.05, 0.1) is 29.7 Å². The fourth-order valence-electron chi connectivity index (χ4n) is 4.71. The molecule has 2 aromatic carbocycles. The molecule has 0 spiro atoms. The Morgan fingerprint density at radius 2 is 2.03 bits per heavy atom. The second kappa shape index (κ2) is 10.3. The topological polar surface area (TPSA) is 87.5 Å². The van der Waals surface area contributed by atoms with Crippen LogP contribution in [-0.2, 0) is 4.79 Å². The number of amides is 1. The number of nitrogens with zero attached hydrogens (tertiary/aromatic N) is 5. The monoisotopic (exact) mass is 497 g/mol. The molecule has 1 unspecified atom stereocenters. The molecule has 2 aromatic heterocycles. The zero-order chi connectivity index (χ0) is 25.9. The SMILES string of the molecule is C=CC(=O)Nc1cc(Nc2nccc(-n3ccc4ccccc43)n2)c(OC)cc1N1CCC(N(C)C)C1. The number of anilines is 4. The largest absolute Gasteiger partial charge is 0.494 e. The van der Waals surface area contributed by atoms with Crippen molar-refractivity contribution in [2.45, 2.75) is 12.5 Å². The van der Waals surface area contributed by atoms with Gasteiger partial charge >= 0.3 is 0 Å². The van der Waals surface area contributed by atoms with E-state index in [1.165, 1.54) is 6.08 Å². The van der Waals surface area contributed by atoms with E-state index in [-0.39, 0.29) is 5.91 Å². The summed E-state index contributed by atoms with van der Waals surface area (Å²) in [7, 11) is 5.81. The van der Waals surface area contributed by atoms with E-state index in [0.29, 0.717) is 29.1 Å². The van der Waals surface area contributed by atoms with Gasteiger partial charge in [-0.2, -0.15) is 4.98 Å². The van der Waals surface area contributed by atoms with Crippen molar-refractivity contribution < 1.29 is 9.53 Å². The van der Waals surface area contributed by atoms with Crippen LogP contribution in [0.5, 0.6) is 5.75 Å². The van der Waals surface area contributed by atoms with Crippen molar-refractivity contribution >= 4 is 39.8 Å². The number of benzene rings is 2. The number of hydrogen-bond acceptors (Lipinski definition) is 7. The highest BCUT2D eigenvalue weighted by atomic mass is 16.5. The number of fused-ring (bicyclic) bond motifs is 1. The molecule has 1 saturated heterocycles. The predicted octanol–water partition coefficient (Wildman–Crippen LogP) is 4.44. The normalized spacial score (nSPS) is 15.2. The summed E-state index contributed by atoms with van der Waals surface area (Å²) in [5.74, 6) is 1.50. The third kappa shape index (κ3) is 4.99. The van der Waals surface area contributed by atoms with Crippen LogP contribution in [0.15, 0.2) is 73.6 Å². The van der Waals surface area contributed by atoms with Gasteiger partial charge in [-0.05, 0) is 56.2 Å². The average molecular weight is 498 g/mol. The molecule has 1 fully saturated rings. The summed E-state index contributed by atoms with van der Waals surface area (Å²) in [6, 6.07) is 16.3. The first-order valence-corrected chi connectivity index (χ1v) is 12.2. The molecule has 0 aliphatic carbocycles. The van der Waals surface area contributed by atoms with Crippen LogP contribution < -0.4 is 20.3 Å². The smallest absolute Gasteiger partial charge is 0.247 e. The zero-order valence-electron chi connectivity index (χ0n) is 21.3. The van der Waals surface area contributed by atoms with Gasteiger partial charge in [0.15, 0.2) is 0 Å². The molecule has 1 amide bonds. The van der Waals surface area contributed by atoms with E-state index in [9.17, 15) is 4.79 Å². The van der Waals surface area contributed by atoms with Crippen LogP contribution in [0.25, 0.3) is 16.7 Å². The molecular formula is C28H31N7O2. The van der Waals surface area contributed by atoms with Crippen LogP contribution in [0.1, 0.15) is 6.42 Å². The lowest BCUT2D eigenvalue weighted by Crippen LogP contribution is -2.31. The minimum Gasteiger partial charge on any atom is -0.494 e. The molecule has 1 aliphatic heterocycles. The number of carbonyl (C=O) groups excluding carboxylic acids is 1. The summed E-state index contributed by atoms with van der Waals surface area (Å²) in [5.41, 5.74) is 3.27. The van der Waals surface area contributed by atoms with Gasteiger partial charge in [0.2, 0.25) is 11.9 Å². The highest BCUT2D eigenvalue weighted by molar-refractivity contribution is 6.02. The first kappa shape index (κ1) is 24.3. The van der Waals surface area contributed by atoms with Crippen molar-refractivity contribution in [3.8, 4) is 11.6 Å². The summed E-state index contributed by atoms with van der Waals surface area (Å²) in [6.45, 7) is 5.34. The van der Waals surface area contributed by atoms with Gasteiger partial charge in [0.1, 0.15) is 11.6 Å². The first-order chi connectivity index (χ1) is 18.0. The number of likely N-dealkylation sites (N-methyl/N-ethyl adjacent to an activating group) is 1. The van der Waals surface area contributed by atoms with Crippen LogP contribution in [0.3, 0.4) is 0 Å². The van der Waals surface area contributed by atoms with Crippen molar-refractivity contribution in [2.24, 2.45) is 0 Å². The Hall–Kier alpha value is -4.37. The number of para-hydroxylation sites is 1. The average Bonchev–Trinajstić information content (AvgIpc) is 3.57. The maximum absolute atomic E-state index is 12.3. The Morgan fingerprint density at radius 1 is 1.19 bits per heavy atom. The molecule has 2 N–H and O–H groups in total. The van der Waals surface area contributed by atoms with Gasteiger partial charge in [-0.1, -0.05) is 24.8 Å². The van der Waals surface area contributed by atoms with Gasteiger partial charge in [-0.3, -0.25) is 4.79 Å². The molecule has 9 nitrogen and oxygen atoms in total. The third-order valence-corrected chi connectivity index (χ3v) is 6.73. The maximum Gasteiger partial charge on any atom is 0.247 e. The molecule has 9 heteroatoms. The van der Waals surface area contributed by atoms with Crippen molar-refractivity contribution in [3.63, 3.8) is 0 Å². The fraction of sp³-hybridized carbons (Fsp3) is 0.250. The highest BCUT2D eigenvalue weighted by Gasteiger charge is 2.27. The maximum atomic E-state index is 12.3. The van der Waals surface area contributed by atoms with Gasteiger partial charge in [0.25, 0.3) is 0 Å². The molecule has 4 aromatic rings. The Balaban J connectivity index is 1.49. The molecular weight excluding hydrogens is 466 g/mol. The number of carbonyl (C=O) groups is 1. The number of methoxy groups -OCH3 is 1. The van der Waals surface area contributed by atoms with Crippen molar-refractivity contribution in [1.82, 2.24) is 19.4 Å². The van der Waals surface area contributed by atoms with E-state index in [1.54, 1.807) is 13.3 Å². The van der Waals surface area contributed by atoms with E-state index in [0.717, 1.165) is 41.9 Å². The van der Waals surface area contributed by atoms with Crippen molar-refractivity contribution in [1.29, 1.82) is 0 Å². The number of aromatic nitrogens is 3. The van der Waals surface area contributed by atoms with Crippen LogP contribution in [-0.4, -0.2) is 65.7 Å². The van der Waals surface area contributed by atoms with Crippen LogP contribution in [0, 0.1) is 0 Å². The number of rotatable bonds is 8. The standard InChI is InChI=1S/C28H31N7O2/c1-5-27(36)30-21-16-22(25(37-4)17-24(21)34-14-12-20(18-34)33(2)3)31-28-29-13-10-26(32-28)35-15-11-19-8-6-7-9-23(19)35/h5-11,13,15-17,20H,1,12,14,18H2,2-4H3,(H,30,36)(H,29,31,32). The Bertz CT molecular complexity index is 1450. The Kier molecular flexibility index (Phi) is 6.78. The summed E-state index contributed by atoms with van der Waals surface area (Å²) in [5, 5.41) is 7.38. The van der Waals surface area contributed by atoms with Gasteiger partial charge < -0.3 is 29.7 Å². The van der Waals surface area contributed by atoms with E-state index in [1.807, 2.05) is 41.1 Å². The summed E-state index contributed by atoms with van der Waals surface area (Å²) >= 11 is 0. The molecule has 5 rings (SSSR count). The molecule has 0 bridgehead atoms. The number of ether oxygens (including phenoxy) is 1. The van der Waals surface area contributed by atoms with E-state index < -0.39 is 0 Å². The number of nitrogens with one attached hydrogen (secondary N) is 2. The Labute approximate surface area is 216 Å². The van der Waals surface area contributed by atoms with Gasteiger partial charge in [0, 0.05) is 37.6 Å². The first-order valence-electron chi connectivity index (χ1n) is 12.2. The minimum absolute atomic E-state index is 0.279. The third-order valence-electron chi connectivity index (χ3n) is 6.73. The molecule has 1 aliphatic rings. The molecule has 37 heavy (non-hydrogen) atoms. The van der Waals surface area contributed by atoms with Crippen LogP contribution >= 0.6 is 0 Å². The van der Waals surface area contributed by atoms with E-state index in [2.05, 4.69) is 64.3 Å². The lowest BCUT2D eigenvalue weighted by molar-refractivity contribution is -0.111. The molecule has 0 saturated carbocycles. The summed E-state index contributed by atoms with van der Waals surface area (Å²) in [4.78, 5) is 26.0. The molecule has 0 radical (unpaired) electrons. The molecule has 3 heterocycles. The lowest BCUT2D eigenvalue weighted by Gasteiger charge is -2.25. The summed E-state index contributed by atoms with van der Waals surface area (Å²) < 4.78 is 7.77. The van der Waals surface area contributed by atoms with Gasteiger partial charge in [-0.15, -0.1) is 0 Å². The van der Waals surface area contributed by atoms with E-state index >= 15 is 0 Å². The fourth-order valence-corrected chi connectivity index (χ4v) is 4.71. The lowest BCUT2D eigenvalue weighted by atomic mass is 10.2. The van der Waals surface area contributed by atoms with Crippen LogP contribution in [0.2, 0.25) is 0 Å². The minimum atomic E-state index is -0.279. The quantitative estimate of drug-likeness (QED) is 0.348. The predicted molar refractivity (Wildman–Crippen MR) is 148 cm³/mol. The molecule has 1 atom stereocenters. The zero-order valence-corrected chi connectivity index (χ0v) is 21.3. The summed E-state index contributed by atoms with van der Waals surface area (Å²) in [6.07, 6.45) is 6.01. The highest BCUT2D eigenvalue weighted by Crippen LogP contribution is 2.39. The number of hydrogen-bond donors (Lipinski definition) is 2. The molecule has 190 valence electrons. The Morgan fingerprint density at radius 3 is 2.78 bits per heavy atom. The van der Waals surface area contributed by atoms with E-state index in [4.69, 9.17) is 9.72 Å².